The molecule has 0 fully saturated rings. The first kappa shape index (κ1) is 12.5. The molecule has 0 bridgehead atoms. The maximum Gasteiger partial charge on any atom is 0.136 e. The normalized spacial score (nSPS) is 14.3. The van der Waals surface area contributed by atoms with Crippen molar-refractivity contribution in [2.45, 2.75) is 12.5 Å². The molecule has 0 aliphatic heterocycles. The van der Waals surface area contributed by atoms with Crippen LogP contribution in [-0.2, 0) is 12.6 Å². The molecule has 5 nitrogen and oxygen atoms in total. The highest BCUT2D eigenvalue weighted by molar-refractivity contribution is 5.43. The van der Waals surface area contributed by atoms with Gasteiger partial charge in [0.15, 0.2) is 0 Å². The largest absolute Gasteiger partial charge is 0.496 e. The van der Waals surface area contributed by atoms with E-state index in [4.69, 9.17) is 4.74 Å². The molecule has 18 heavy (non-hydrogen) atoms. The molecular weight excluding hydrogens is 237 g/mol. The van der Waals surface area contributed by atoms with Crippen molar-refractivity contribution in [2.75, 3.05) is 7.11 Å². The van der Waals surface area contributed by atoms with Crippen LogP contribution >= 0.6 is 0 Å². The molecule has 1 heterocycles. The third-order valence-corrected chi connectivity index (χ3v) is 2.90. The topological polar surface area (TPSA) is 60.2 Å². The van der Waals surface area contributed by atoms with Crippen molar-refractivity contribution < 1.29 is 14.2 Å². The monoisotopic (exact) mass is 251 g/mol. The molecule has 1 atom stereocenters. The fourth-order valence-corrected chi connectivity index (χ4v) is 2.01. The molecule has 1 aromatic heterocycles. The number of aryl methyl sites for hydroxylation is 1. The molecule has 6 heteroatoms. The molecule has 0 aliphatic carbocycles. The molecule has 0 radical (unpaired) electrons. The number of ether oxygens (including phenoxy) is 1. The van der Waals surface area contributed by atoms with Crippen LogP contribution in [-0.4, -0.2) is 27.2 Å². The zero-order valence-electron chi connectivity index (χ0n) is 10.4. The van der Waals surface area contributed by atoms with Crippen molar-refractivity contribution in [1.82, 2.24) is 15.0 Å². The summed E-state index contributed by atoms with van der Waals surface area (Å²) in [5, 5.41) is 18.0. The second kappa shape index (κ2) is 4.38. The number of methoxy groups -OCH3 is 1. The van der Waals surface area contributed by atoms with Crippen molar-refractivity contribution in [1.29, 1.82) is 0 Å². The van der Waals surface area contributed by atoms with Crippen LogP contribution in [0.25, 0.3) is 0 Å². The van der Waals surface area contributed by atoms with Crippen molar-refractivity contribution in [2.24, 2.45) is 7.05 Å². The predicted octanol–water partition coefficient (Wildman–Crippen LogP) is 1.22. The van der Waals surface area contributed by atoms with Gasteiger partial charge in [0.1, 0.15) is 17.2 Å². The number of benzene rings is 1. The fraction of sp³-hybridized carbons (Fsp3) is 0.333. The number of rotatable bonds is 3. The fourth-order valence-electron chi connectivity index (χ4n) is 2.01. The highest BCUT2D eigenvalue weighted by atomic mass is 19.1. The zero-order chi connectivity index (χ0) is 13.3. The first-order valence-corrected chi connectivity index (χ1v) is 5.39. The van der Waals surface area contributed by atoms with Gasteiger partial charge in [-0.3, -0.25) is 0 Å². The maximum atomic E-state index is 14.0. The quantitative estimate of drug-likeness (QED) is 0.891. The van der Waals surface area contributed by atoms with Crippen molar-refractivity contribution >= 4 is 0 Å². The average molecular weight is 251 g/mol. The molecule has 0 aliphatic rings. The standard InChI is InChI=1S/C12H14FN3O2/c1-12(17,10-7-14-15-16(10)2)11-8(13)5-4-6-9(11)18-3/h4-7,17H,1-3H3. The first-order valence-electron chi connectivity index (χ1n) is 5.39. The van der Waals surface area contributed by atoms with Gasteiger partial charge in [-0.2, -0.15) is 0 Å². The Morgan fingerprint density at radius 1 is 1.44 bits per heavy atom. The molecule has 1 unspecified atom stereocenters. The van der Waals surface area contributed by atoms with Gasteiger partial charge in [0.25, 0.3) is 0 Å². The van der Waals surface area contributed by atoms with E-state index in [0.717, 1.165) is 0 Å². The Labute approximate surface area is 104 Å². The lowest BCUT2D eigenvalue weighted by Gasteiger charge is -2.25. The molecule has 96 valence electrons. The summed E-state index contributed by atoms with van der Waals surface area (Å²) in [5.74, 6) is -0.262. The predicted molar refractivity (Wildman–Crippen MR) is 62.6 cm³/mol. The van der Waals surface area contributed by atoms with Gasteiger partial charge < -0.3 is 9.84 Å². The molecule has 1 N–H and O–H groups in total. The smallest absolute Gasteiger partial charge is 0.136 e. The molecule has 0 spiro atoms. The zero-order valence-corrected chi connectivity index (χ0v) is 10.4. The van der Waals surface area contributed by atoms with Crippen LogP contribution in [0.2, 0.25) is 0 Å². The SMILES string of the molecule is COc1cccc(F)c1C(C)(O)c1cnnn1C. The Kier molecular flexibility index (Phi) is 3.04. The van der Waals surface area contributed by atoms with E-state index >= 15 is 0 Å². The molecule has 0 saturated heterocycles. The van der Waals surface area contributed by atoms with Gasteiger partial charge in [-0.25, -0.2) is 9.07 Å². The Morgan fingerprint density at radius 3 is 2.72 bits per heavy atom. The second-order valence-corrected chi connectivity index (χ2v) is 4.13. The Bertz CT molecular complexity index is 566. The van der Waals surface area contributed by atoms with E-state index in [1.54, 1.807) is 13.1 Å². The lowest BCUT2D eigenvalue weighted by molar-refractivity contribution is 0.0855. The van der Waals surface area contributed by atoms with Gasteiger partial charge >= 0.3 is 0 Å². The van der Waals surface area contributed by atoms with Gasteiger partial charge in [0.05, 0.1) is 24.6 Å². The highest BCUT2D eigenvalue weighted by Gasteiger charge is 2.35. The van der Waals surface area contributed by atoms with Crippen LogP contribution in [0.3, 0.4) is 0 Å². The molecule has 2 aromatic rings. The second-order valence-electron chi connectivity index (χ2n) is 4.13. The minimum absolute atomic E-state index is 0.0675. The van der Waals surface area contributed by atoms with Crippen LogP contribution in [0.15, 0.2) is 24.4 Å². The first-order chi connectivity index (χ1) is 8.48. The maximum absolute atomic E-state index is 14.0. The van der Waals surface area contributed by atoms with Gasteiger partial charge in [-0.05, 0) is 19.1 Å². The van der Waals surface area contributed by atoms with Crippen LogP contribution in [0.1, 0.15) is 18.2 Å². The summed E-state index contributed by atoms with van der Waals surface area (Å²) in [7, 11) is 3.06. The summed E-state index contributed by atoms with van der Waals surface area (Å²) in [6.45, 7) is 1.48. The van der Waals surface area contributed by atoms with Crippen molar-refractivity contribution in [3.05, 3.63) is 41.5 Å². The third kappa shape index (κ3) is 1.84. The van der Waals surface area contributed by atoms with Gasteiger partial charge in [0, 0.05) is 7.05 Å². The van der Waals surface area contributed by atoms with E-state index in [1.165, 1.54) is 37.0 Å². The molecule has 2 rings (SSSR count). The van der Waals surface area contributed by atoms with Gasteiger partial charge in [-0.1, -0.05) is 11.3 Å². The summed E-state index contributed by atoms with van der Waals surface area (Å²) in [6.07, 6.45) is 1.39. The average Bonchev–Trinajstić information content (AvgIpc) is 2.75. The third-order valence-electron chi connectivity index (χ3n) is 2.90. The lowest BCUT2D eigenvalue weighted by Crippen LogP contribution is -2.28. The van der Waals surface area contributed by atoms with E-state index in [9.17, 15) is 9.50 Å². The number of hydrogen-bond donors (Lipinski definition) is 1. The molecule has 1 aromatic carbocycles. The minimum Gasteiger partial charge on any atom is -0.496 e. The van der Waals surface area contributed by atoms with E-state index in [1.807, 2.05) is 0 Å². The number of aliphatic hydroxyl groups is 1. The number of hydrogen-bond acceptors (Lipinski definition) is 4. The molecular formula is C12H14FN3O2. The summed E-state index contributed by atoms with van der Waals surface area (Å²) in [5.41, 5.74) is -1.13. The lowest BCUT2D eigenvalue weighted by atomic mass is 9.91. The van der Waals surface area contributed by atoms with Crippen LogP contribution in [0.5, 0.6) is 5.75 Å². The Morgan fingerprint density at radius 2 is 2.17 bits per heavy atom. The van der Waals surface area contributed by atoms with Crippen molar-refractivity contribution in [3.63, 3.8) is 0 Å². The summed E-state index contributed by atoms with van der Waals surface area (Å²) in [4.78, 5) is 0. The Balaban J connectivity index is 2.64. The number of aromatic nitrogens is 3. The Hall–Kier alpha value is -1.95. The van der Waals surface area contributed by atoms with Gasteiger partial charge in [0.2, 0.25) is 0 Å². The minimum atomic E-state index is -1.57. The highest BCUT2D eigenvalue weighted by Crippen LogP contribution is 2.36. The summed E-state index contributed by atoms with van der Waals surface area (Å²) < 4.78 is 20.5. The van der Waals surface area contributed by atoms with Crippen LogP contribution in [0.4, 0.5) is 4.39 Å². The van der Waals surface area contributed by atoms with Crippen LogP contribution < -0.4 is 4.74 Å². The van der Waals surface area contributed by atoms with E-state index in [-0.39, 0.29) is 11.3 Å². The van der Waals surface area contributed by atoms with E-state index in [0.29, 0.717) is 5.69 Å². The van der Waals surface area contributed by atoms with E-state index in [2.05, 4.69) is 10.3 Å². The van der Waals surface area contributed by atoms with Crippen molar-refractivity contribution in [3.8, 4) is 5.75 Å². The van der Waals surface area contributed by atoms with E-state index < -0.39 is 11.4 Å². The number of halogens is 1. The summed E-state index contributed by atoms with van der Waals surface area (Å²) in [6, 6.07) is 4.39. The molecule has 0 saturated carbocycles. The number of nitrogens with zero attached hydrogens (tertiary/aromatic N) is 3. The van der Waals surface area contributed by atoms with Crippen LogP contribution in [0, 0.1) is 5.82 Å². The summed E-state index contributed by atoms with van der Waals surface area (Å²) >= 11 is 0. The van der Waals surface area contributed by atoms with Gasteiger partial charge in [-0.15, -0.1) is 5.10 Å². The molecule has 0 amide bonds.